The molecule has 6 nitrogen and oxygen atoms in total. The van der Waals surface area contributed by atoms with Crippen molar-refractivity contribution in [3.05, 3.63) is 35.6 Å². The number of nitrogens with zero attached hydrogens (tertiary/aromatic N) is 2. The SMILES string of the molecule is O=C(Cc1csc(-c2cccnc2)n1)NC1(C(=O)O)CC1. The molecule has 0 bridgehead atoms. The maximum absolute atomic E-state index is 11.9. The zero-order valence-electron chi connectivity index (χ0n) is 11.1. The van der Waals surface area contributed by atoms with E-state index in [1.54, 1.807) is 12.4 Å². The molecule has 2 heterocycles. The van der Waals surface area contributed by atoms with Crippen molar-refractivity contribution >= 4 is 23.2 Å². The second kappa shape index (κ2) is 5.25. The summed E-state index contributed by atoms with van der Waals surface area (Å²) in [6, 6.07) is 3.73. The second-order valence-corrected chi connectivity index (χ2v) is 5.86. The molecule has 0 radical (unpaired) electrons. The zero-order chi connectivity index (χ0) is 14.9. The molecule has 2 aromatic rings. The summed E-state index contributed by atoms with van der Waals surface area (Å²) in [7, 11) is 0. The minimum atomic E-state index is -1.04. The standard InChI is InChI=1S/C14H13N3O3S/c18-11(17-14(3-4-14)13(19)20)6-10-8-21-12(16-10)9-2-1-5-15-7-9/h1-2,5,7-8H,3-4,6H2,(H,17,18)(H,19,20). The van der Waals surface area contributed by atoms with Gasteiger partial charge in [0, 0.05) is 23.3 Å². The Bertz CT molecular complexity index is 680. The number of carbonyl (C=O) groups excluding carboxylic acids is 1. The maximum Gasteiger partial charge on any atom is 0.329 e. The molecule has 7 heteroatoms. The molecule has 0 atom stereocenters. The number of hydrogen-bond donors (Lipinski definition) is 2. The van der Waals surface area contributed by atoms with E-state index in [2.05, 4.69) is 15.3 Å². The molecule has 108 valence electrons. The fourth-order valence-corrected chi connectivity index (χ4v) is 2.81. The number of aliphatic carboxylic acids is 1. The molecule has 1 fully saturated rings. The lowest BCUT2D eigenvalue weighted by molar-refractivity contribution is -0.143. The first-order chi connectivity index (χ1) is 10.1. The fraction of sp³-hybridized carbons (Fsp3) is 0.286. The van der Waals surface area contributed by atoms with Crippen LogP contribution in [0.3, 0.4) is 0 Å². The summed E-state index contributed by atoms with van der Waals surface area (Å²) >= 11 is 1.44. The average molecular weight is 303 g/mol. The molecule has 0 unspecified atom stereocenters. The van der Waals surface area contributed by atoms with Gasteiger partial charge in [-0.25, -0.2) is 9.78 Å². The molecule has 1 saturated carbocycles. The first-order valence-corrected chi connectivity index (χ1v) is 7.36. The molecule has 2 aromatic heterocycles. The molecular formula is C14H13N3O3S. The van der Waals surface area contributed by atoms with Gasteiger partial charge in [-0.3, -0.25) is 9.78 Å². The van der Waals surface area contributed by atoms with Crippen molar-refractivity contribution in [3.8, 4) is 10.6 Å². The number of pyridine rings is 1. The predicted molar refractivity (Wildman–Crippen MR) is 76.8 cm³/mol. The number of carboxylic acid groups (broad SMARTS) is 1. The van der Waals surface area contributed by atoms with Crippen LogP contribution in [0.5, 0.6) is 0 Å². The number of hydrogen-bond acceptors (Lipinski definition) is 5. The highest BCUT2D eigenvalue weighted by Crippen LogP contribution is 2.35. The van der Waals surface area contributed by atoms with Crippen molar-refractivity contribution in [2.45, 2.75) is 24.8 Å². The van der Waals surface area contributed by atoms with Crippen LogP contribution in [0.2, 0.25) is 0 Å². The Morgan fingerprint density at radius 1 is 1.43 bits per heavy atom. The molecule has 0 aliphatic heterocycles. The van der Waals surface area contributed by atoms with Crippen LogP contribution in [0.4, 0.5) is 0 Å². The summed E-state index contributed by atoms with van der Waals surface area (Å²) in [6.45, 7) is 0. The van der Waals surface area contributed by atoms with E-state index < -0.39 is 11.5 Å². The van der Waals surface area contributed by atoms with Gasteiger partial charge < -0.3 is 10.4 Å². The van der Waals surface area contributed by atoms with Crippen LogP contribution in [-0.2, 0) is 16.0 Å². The molecular weight excluding hydrogens is 290 g/mol. The van der Waals surface area contributed by atoms with Gasteiger partial charge in [0.2, 0.25) is 5.91 Å². The van der Waals surface area contributed by atoms with Gasteiger partial charge >= 0.3 is 5.97 Å². The van der Waals surface area contributed by atoms with E-state index in [4.69, 9.17) is 5.11 Å². The zero-order valence-corrected chi connectivity index (χ0v) is 11.9. The Labute approximate surface area is 124 Å². The van der Waals surface area contributed by atoms with Crippen LogP contribution in [0.15, 0.2) is 29.9 Å². The number of carboxylic acids is 1. The molecule has 3 rings (SSSR count). The van der Waals surface area contributed by atoms with Crippen LogP contribution in [0.25, 0.3) is 10.6 Å². The van der Waals surface area contributed by atoms with Crippen LogP contribution >= 0.6 is 11.3 Å². The Kier molecular flexibility index (Phi) is 3.42. The van der Waals surface area contributed by atoms with Gasteiger partial charge in [-0.1, -0.05) is 0 Å². The average Bonchev–Trinajstić information content (AvgIpc) is 3.10. The van der Waals surface area contributed by atoms with Crippen LogP contribution < -0.4 is 5.32 Å². The Balaban J connectivity index is 1.65. The minimum Gasteiger partial charge on any atom is -0.480 e. The van der Waals surface area contributed by atoms with Crippen LogP contribution in [0.1, 0.15) is 18.5 Å². The van der Waals surface area contributed by atoms with Crippen LogP contribution in [0, 0.1) is 0 Å². The third-order valence-corrected chi connectivity index (χ3v) is 4.28. The normalized spacial score (nSPS) is 15.4. The van der Waals surface area contributed by atoms with Gasteiger partial charge in [0.1, 0.15) is 10.5 Å². The van der Waals surface area contributed by atoms with E-state index >= 15 is 0 Å². The number of aromatic nitrogens is 2. The third kappa shape index (κ3) is 2.92. The first kappa shape index (κ1) is 13.7. The third-order valence-electron chi connectivity index (χ3n) is 3.34. The topological polar surface area (TPSA) is 92.2 Å². The lowest BCUT2D eigenvalue weighted by atomic mass is 10.2. The Hall–Kier alpha value is -2.28. The quantitative estimate of drug-likeness (QED) is 0.873. The molecule has 1 aliphatic carbocycles. The molecule has 21 heavy (non-hydrogen) atoms. The lowest BCUT2D eigenvalue weighted by Gasteiger charge is -2.11. The summed E-state index contributed by atoms with van der Waals surface area (Å²) < 4.78 is 0. The summed E-state index contributed by atoms with van der Waals surface area (Å²) in [6.07, 6.45) is 4.47. The fourth-order valence-electron chi connectivity index (χ4n) is 2.00. The number of amides is 1. The van der Waals surface area contributed by atoms with E-state index in [0.29, 0.717) is 18.5 Å². The Morgan fingerprint density at radius 3 is 2.86 bits per heavy atom. The molecule has 0 aromatic carbocycles. The minimum absolute atomic E-state index is 0.0891. The highest BCUT2D eigenvalue weighted by molar-refractivity contribution is 7.13. The molecule has 1 aliphatic rings. The summed E-state index contributed by atoms with van der Waals surface area (Å²) in [4.78, 5) is 31.3. The number of nitrogens with one attached hydrogen (secondary N) is 1. The van der Waals surface area contributed by atoms with Crippen LogP contribution in [-0.4, -0.2) is 32.5 Å². The van der Waals surface area contributed by atoms with Gasteiger partial charge in [-0.2, -0.15) is 0 Å². The number of thiazole rings is 1. The highest BCUT2D eigenvalue weighted by Gasteiger charge is 2.51. The number of rotatable bonds is 5. The van der Waals surface area contributed by atoms with Crippen molar-refractivity contribution in [1.82, 2.24) is 15.3 Å². The van der Waals surface area contributed by atoms with Crippen molar-refractivity contribution in [3.63, 3.8) is 0 Å². The van der Waals surface area contributed by atoms with Gasteiger partial charge in [0.05, 0.1) is 12.1 Å². The van der Waals surface area contributed by atoms with Crippen molar-refractivity contribution in [2.24, 2.45) is 0 Å². The van der Waals surface area contributed by atoms with E-state index in [1.807, 2.05) is 17.5 Å². The van der Waals surface area contributed by atoms with E-state index in [-0.39, 0.29) is 12.3 Å². The summed E-state index contributed by atoms with van der Waals surface area (Å²) in [5.74, 6) is -1.27. The van der Waals surface area contributed by atoms with Crippen molar-refractivity contribution in [1.29, 1.82) is 0 Å². The summed E-state index contributed by atoms with van der Waals surface area (Å²) in [5.41, 5.74) is 0.495. The predicted octanol–water partition coefficient (Wildman–Crippen LogP) is 1.48. The monoisotopic (exact) mass is 303 g/mol. The van der Waals surface area contributed by atoms with Crippen molar-refractivity contribution in [2.75, 3.05) is 0 Å². The van der Waals surface area contributed by atoms with Gasteiger partial charge in [0.25, 0.3) is 0 Å². The second-order valence-electron chi connectivity index (χ2n) is 5.00. The molecule has 0 saturated heterocycles. The highest BCUT2D eigenvalue weighted by atomic mass is 32.1. The van der Waals surface area contributed by atoms with E-state index in [0.717, 1.165) is 10.6 Å². The Morgan fingerprint density at radius 2 is 2.24 bits per heavy atom. The van der Waals surface area contributed by atoms with Crippen molar-refractivity contribution < 1.29 is 14.7 Å². The lowest BCUT2D eigenvalue weighted by Crippen LogP contribution is -2.43. The summed E-state index contributed by atoms with van der Waals surface area (Å²) in [5, 5.41) is 14.2. The largest absolute Gasteiger partial charge is 0.480 e. The van der Waals surface area contributed by atoms with Gasteiger partial charge in [0.15, 0.2) is 0 Å². The smallest absolute Gasteiger partial charge is 0.329 e. The van der Waals surface area contributed by atoms with Gasteiger partial charge in [-0.05, 0) is 25.0 Å². The van der Waals surface area contributed by atoms with E-state index in [1.165, 1.54) is 11.3 Å². The molecule has 0 spiro atoms. The number of carbonyl (C=O) groups is 2. The van der Waals surface area contributed by atoms with E-state index in [9.17, 15) is 9.59 Å². The molecule has 1 amide bonds. The van der Waals surface area contributed by atoms with Gasteiger partial charge in [-0.15, -0.1) is 11.3 Å². The molecule has 2 N–H and O–H groups in total. The first-order valence-electron chi connectivity index (χ1n) is 6.48. The maximum atomic E-state index is 11.9.